The summed E-state index contributed by atoms with van der Waals surface area (Å²) in [6.07, 6.45) is 2.97. The Morgan fingerprint density at radius 3 is 2.55 bits per heavy atom. The summed E-state index contributed by atoms with van der Waals surface area (Å²) in [7, 11) is 0. The average Bonchev–Trinajstić information content (AvgIpc) is 2.42. The summed E-state index contributed by atoms with van der Waals surface area (Å²) < 4.78 is 0. The summed E-state index contributed by atoms with van der Waals surface area (Å²) in [5, 5.41) is 12.6. The summed E-state index contributed by atoms with van der Waals surface area (Å²) in [5.41, 5.74) is 1.56. The van der Waals surface area contributed by atoms with E-state index in [9.17, 15) is 14.7 Å². The van der Waals surface area contributed by atoms with Gasteiger partial charge in [-0.1, -0.05) is 30.5 Å². The van der Waals surface area contributed by atoms with Gasteiger partial charge in [-0.3, -0.25) is 9.59 Å². The molecule has 20 heavy (non-hydrogen) atoms. The topological polar surface area (TPSA) is 66.4 Å². The number of carbonyl (C=O) groups is 2. The molecule has 1 aliphatic carbocycles. The van der Waals surface area contributed by atoms with Gasteiger partial charge in [0.1, 0.15) is 0 Å². The Morgan fingerprint density at radius 1 is 1.25 bits per heavy atom. The molecule has 1 amide bonds. The maximum Gasteiger partial charge on any atom is 0.307 e. The Bertz CT molecular complexity index is 530. The van der Waals surface area contributed by atoms with Crippen LogP contribution in [-0.2, 0) is 9.59 Å². The molecule has 0 unspecified atom stereocenters. The van der Waals surface area contributed by atoms with Gasteiger partial charge in [0.05, 0.1) is 11.8 Å². The molecule has 0 aliphatic heterocycles. The van der Waals surface area contributed by atoms with Gasteiger partial charge in [0, 0.05) is 10.7 Å². The highest BCUT2D eigenvalue weighted by Crippen LogP contribution is 2.32. The van der Waals surface area contributed by atoms with Gasteiger partial charge in [-0.05, 0) is 37.5 Å². The largest absolute Gasteiger partial charge is 0.481 e. The molecule has 1 fully saturated rings. The molecule has 0 saturated heterocycles. The molecule has 0 heterocycles. The van der Waals surface area contributed by atoms with Gasteiger partial charge < -0.3 is 10.4 Å². The summed E-state index contributed by atoms with van der Waals surface area (Å²) in [5.74, 6) is -2.14. The minimum atomic E-state index is -0.882. The number of carboxylic acid groups (broad SMARTS) is 1. The molecule has 108 valence electrons. The van der Waals surface area contributed by atoms with E-state index in [1.807, 2.05) is 13.0 Å². The van der Waals surface area contributed by atoms with Crippen molar-refractivity contribution in [3.8, 4) is 0 Å². The molecule has 1 aliphatic rings. The zero-order valence-corrected chi connectivity index (χ0v) is 12.1. The number of halogens is 1. The fourth-order valence-electron chi connectivity index (χ4n) is 2.69. The zero-order valence-electron chi connectivity index (χ0n) is 11.4. The van der Waals surface area contributed by atoms with E-state index in [1.54, 1.807) is 12.1 Å². The first-order chi connectivity index (χ1) is 9.49. The van der Waals surface area contributed by atoms with Crippen molar-refractivity contribution in [3.05, 3.63) is 28.8 Å². The highest BCUT2D eigenvalue weighted by atomic mass is 35.5. The summed E-state index contributed by atoms with van der Waals surface area (Å²) in [6.45, 7) is 1.88. The van der Waals surface area contributed by atoms with Crippen molar-refractivity contribution in [2.75, 3.05) is 5.32 Å². The summed E-state index contributed by atoms with van der Waals surface area (Å²) >= 11 is 5.92. The molecule has 1 aromatic rings. The Kier molecular flexibility index (Phi) is 4.65. The molecular formula is C15H18ClNO3. The molecule has 0 spiro atoms. The molecule has 0 bridgehead atoms. The van der Waals surface area contributed by atoms with Crippen molar-refractivity contribution < 1.29 is 14.7 Å². The number of anilines is 1. The van der Waals surface area contributed by atoms with E-state index in [4.69, 9.17) is 11.6 Å². The monoisotopic (exact) mass is 295 g/mol. The van der Waals surface area contributed by atoms with Crippen LogP contribution in [0, 0.1) is 18.8 Å². The minimum Gasteiger partial charge on any atom is -0.481 e. The van der Waals surface area contributed by atoms with E-state index in [2.05, 4.69) is 5.32 Å². The van der Waals surface area contributed by atoms with E-state index < -0.39 is 17.8 Å². The Hall–Kier alpha value is -1.55. The SMILES string of the molecule is Cc1ccc(Cl)cc1NC(=O)[C@@H]1CCCC[C@H]1C(=O)O. The lowest BCUT2D eigenvalue weighted by Gasteiger charge is -2.27. The van der Waals surface area contributed by atoms with Crippen LogP contribution >= 0.6 is 11.6 Å². The molecule has 0 radical (unpaired) electrons. The highest BCUT2D eigenvalue weighted by molar-refractivity contribution is 6.31. The van der Waals surface area contributed by atoms with E-state index in [-0.39, 0.29) is 5.91 Å². The fraction of sp³-hybridized carbons (Fsp3) is 0.467. The number of aliphatic carboxylic acids is 1. The molecule has 2 rings (SSSR count). The predicted octanol–water partition coefficient (Wildman–Crippen LogP) is 3.48. The van der Waals surface area contributed by atoms with Crippen LogP contribution in [-0.4, -0.2) is 17.0 Å². The first-order valence-corrected chi connectivity index (χ1v) is 7.16. The smallest absolute Gasteiger partial charge is 0.307 e. The normalized spacial score (nSPS) is 22.3. The Morgan fingerprint density at radius 2 is 1.90 bits per heavy atom. The van der Waals surface area contributed by atoms with Gasteiger partial charge in [-0.2, -0.15) is 0 Å². The number of amides is 1. The number of nitrogens with one attached hydrogen (secondary N) is 1. The van der Waals surface area contributed by atoms with Crippen LogP contribution in [0.3, 0.4) is 0 Å². The van der Waals surface area contributed by atoms with E-state index in [0.29, 0.717) is 23.6 Å². The van der Waals surface area contributed by atoms with Crippen molar-refractivity contribution in [2.45, 2.75) is 32.6 Å². The molecule has 2 N–H and O–H groups in total. The minimum absolute atomic E-state index is 0.220. The second kappa shape index (κ2) is 6.27. The third-order valence-electron chi connectivity index (χ3n) is 3.88. The van der Waals surface area contributed by atoms with Crippen LogP contribution in [0.5, 0.6) is 0 Å². The van der Waals surface area contributed by atoms with Gasteiger partial charge in [0.2, 0.25) is 5.91 Å². The summed E-state index contributed by atoms with van der Waals surface area (Å²) in [6, 6.07) is 5.27. The van der Waals surface area contributed by atoms with Crippen molar-refractivity contribution in [1.82, 2.24) is 0 Å². The second-order valence-electron chi connectivity index (χ2n) is 5.28. The predicted molar refractivity (Wildman–Crippen MR) is 77.9 cm³/mol. The molecule has 1 saturated carbocycles. The number of hydrogen-bond donors (Lipinski definition) is 2. The second-order valence-corrected chi connectivity index (χ2v) is 5.72. The maximum absolute atomic E-state index is 12.3. The molecule has 0 aromatic heterocycles. The highest BCUT2D eigenvalue weighted by Gasteiger charge is 2.35. The number of aryl methyl sites for hydroxylation is 1. The third kappa shape index (κ3) is 3.31. The molecular weight excluding hydrogens is 278 g/mol. The standard InChI is InChI=1S/C15H18ClNO3/c1-9-6-7-10(16)8-13(9)17-14(18)11-4-2-3-5-12(11)15(19)20/h6-8,11-12H,2-5H2,1H3,(H,17,18)(H,19,20)/t11-,12-/m1/s1. The average molecular weight is 296 g/mol. The van der Waals surface area contributed by atoms with Gasteiger partial charge >= 0.3 is 5.97 Å². The van der Waals surface area contributed by atoms with Crippen molar-refractivity contribution in [3.63, 3.8) is 0 Å². The van der Waals surface area contributed by atoms with Gasteiger partial charge in [-0.15, -0.1) is 0 Å². The molecule has 2 atom stereocenters. The maximum atomic E-state index is 12.3. The lowest BCUT2D eigenvalue weighted by molar-refractivity contribution is -0.147. The number of benzene rings is 1. The quantitative estimate of drug-likeness (QED) is 0.897. The van der Waals surface area contributed by atoms with Crippen LogP contribution in [0.15, 0.2) is 18.2 Å². The number of carbonyl (C=O) groups excluding carboxylic acids is 1. The van der Waals surface area contributed by atoms with Crippen molar-refractivity contribution in [2.24, 2.45) is 11.8 Å². The van der Waals surface area contributed by atoms with E-state index >= 15 is 0 Å². The summed E-state index contributed by atoms with van der Waals surface area (Å²) in [4.78, 5) is 23.6. The van der Waals surface area contributed by atoms with Crippen LogP contribution in [0.25, 0.3) is 0 Å². The van der Waals surface area contributed by atoms with Gasteiger partial charge in [-0.25, -0.2) is 0 Å². The Labute approximate surface area is 123 Å². The first-order valence-electron chi connectivity index (χ1n) is 6.79. The number of carboxylic acids is 1. The van der Waals surface area contributed by atoms with Crippen LogP contribution in [0.1, 0.15) is 31.2 Å². The molecule has 1 aromatic carbocycles. The van der Waals surface area contributed by atoms with Gasteiger partial charge in [0.15, 0.2) is 0 Å². The van der Waals surface area contributed by atoms with Crippen LogP contribution in [0.4, 0.5) is 5.69 Å². The van der Waals surface area contributed by atoms with Crippen molar-refractivity contribution >= 4 is 29.2 Å². The van der Waals surface area contributed by atoms with Crippen LogP contribution < -0.4 is 5.32 Å². The Balaban J connectivity index is 2.14. The molecule has 4 nitrogen and oxygen atoms in total. The lowest BCUT2D eigenvalue weighted by Crippen LogP contribution is -2.36. The number of hydrogen-bond acceptors (Lipinski definition) is 2. The third-order valence-corrected chi connectivity index (χ3v) is 4.11. The zero-order chi connectivity index (χ0) is 14.7. The lowest BCUT2D eigenvalue weighted by atomic mass is 9.78. The fourth-order valence-corrected chi connectivity index (χ4v) is 2.87. The van der Waals surface area contributed by atoms with E-state index in [1.165, 1.54) is 0 Å². The number of rotatable bonds is 3. The first kappa shape index (κ1) is 14.9. The van der Waals surface area contributed by atoms with Crippen LogP contribution in [0.2, 0.25) is 5.02 Å². The molecule has 5 heteroatoms. The van der Waals surface area contributed by atoms with E-state index in [0.717, 1.165) is 18.4 Å². The van der Waals surface area contributed by atoms with Crippen molar-refractivity contribution in [1.29, 1.82) is 0 Å². The van der Waals surface area contributed by atoms with Gasteiger partial charge in [0.25, 0.3) is 0 Å².